The van der Waals surface area contributed by atoms with E-state index < -0.39 is 10.0 Å². The average Bonchev–Trinajstić information content (AvgIpc) is 2.02. The van der Waals surface area contributed by atoms with Gasteiger partial charge in [-0.2, -0.15) is 0 Å². The Balaban J connectivity index is 3.01. The van der Waals surface area contributed by atoms with Crippen molar-refractivity contribution < 1.29 is 8.42 Å². The molecule has 0 unspecified atom stereocenters. The summed E-state index contributed by atoms with van der Waals surface area (Å²) in [6.45, 7) is 1.99. The standard InChI is InChI=1S/C9H13NO2S/c1-2-8-5-3-4-6-9(8)7-13(10,11)12/h3-6H,2,7H2,1H3,(H2,10,11,12). The highest BCUT2D eigenvalue weighted by Gasteiger charge is 2.07. The van der Waals surface area contributed by atoms with Crippen LogP contribution in [0.25, 0.3) is 0 Å². The van der Waals surface area contributed by atoms with E-state index in [2.05, 4.69) is 0 Å². The molecule has 0 amide bonds. The van der Waals surface area contributed by atoms with Gasteiger partial charge in [0.05, 0.1) is 5.75 Å². The Morgan fingerprint density at radius 2 is 1.77 bits per heavy atom. The van der Waals surface area contributed by atoms with Crippen molar-refractivity contribution in [3.05, 3.63) is 35.4 Å². The second-order valence-corrected chi connectivity index (χ2v) is 4.54. The Morgan fingerprint density at radius 3 is 2.23 bits per heavy atom. The Labute approximate surface area is 78.6 Å². The second kappa shape index (κ2) is 3.89. The Kier molecular flexibility index (Phi) is 3.06. The summed E-state index contributed by atoms with van der Waals surface area (Å²) in [6, 6.07) is 7.43. The van der Waals surface area contributed by atoms with Crippen LogP contribution in [0.5, 0.6) is 0 Å². The van der Waals surface area contributed by atoms with Crippen molar-refractivity contribution in [3.8, 4) is 0 Å². The van der Waals surface area contributed by atoms with Gasteiger partial charge in [-0.1, -0.05) is 31.2 Å². The number of aryl methyl sites for hydroxylation is 1. The van der Waals surface area contributed by atoms with Crippen LogP contribution in [0.15, 0.2) is 24.3 Å². The molecular weight excluding hydrogens is 186 g/mol. The molecule has 0 fully saturated rings. The molecule has 0 saturated carbocycles. The van der Waals surface area contributed by atoms with E-state index >= 15 is 0 Å². The van der Waals surface area contributed by atoms with Crippen molar-refractivity contribution in [3.63, 3.8) is 0 Å². The third-order valence-electron chi connectivity index (χ3n) is 1.86. The first-order chi connectivity index (χ1) is 6.03. The van der Waals surface area contributed by atoms with Gasteiger partial charge in [0.1, 0.15) is 0 Å². The molecule has 0 atom stereocenters. The van der Waals surface area contributed by atoms with Crippen LogP contribution >= 0.6 is 0 Å². The van der Waals surface area contributed by atoms with Gasteiger partial charge in [-0.05, 0) is 17.5 Å². The topological polar surface area (TPSA) is 60.2 Å². The molecular formula is C9H13NO2S. The van der Waals surface area contributed by atoms with E-state index in [-0.39, 0.29) is 5.75 Å². The molecule has 0 bridgehead atoms. The lowest BCUT2D eigenvalue weighted by molar-refractivity contribution is 0.597. The van der Waals surface area contributed by atoms with Crippen LogP contribution in [-0.2, 0) is 22.2 Å². The quantitative estimate of drug-likeness (QED) is 0.790. The maximum Gasteiger partial charge on any atom is 0.213 e. The van der Waals surface area contributed by atoms with Gasteiger partial charge in [-0.25, -0.2) is 13.6 Å². The van der Waals surface area contributed by atoms with Crippen molar-refractivity contribution in [2.45, 2.75) is 19.1 Å². The molecule has 13 heavy (non-hydrogen) atoms. The minimum absolute atomic E-state index is 0.0724. The number of nitrogens with two attached hydrogens (primary N) is 1. The zero-order valence-corrected chi connectivity index (χ0v) is 8.34. The number of hydrogen-bond donors (Lipinski definition) is 1. The maximum absolute atomic E-state index is 10.8. The molecule has 3 nitrogen and oxygen atoms in total. The molecule has 0 spiro atoms. The van der Waals surface area contributed by atoms with Crippen molar-refractivity contribution in [1.29, 1.82) is 0 Å². The number of rotatable bonds is 3. The molecule has 0 saturated heterocycles. The molecule has 0 heterocycles. The highest BCUT2D eigenvalue weighted by molar-refractivity contribution is 7.88. The van der Waals surface area contributed by atoms with Crippen molar-refractivity contribution in [2.24, 2.45) is 5.14 Å². The second-order valence-electron chi connectivity index (χ2n) is 2.93. The van der Waals surface area contributed by atoms with Crippen LogP contribution in [-0.4, -0.2) is 8.42 Å². The minimum atomic E-state index is -3.41. The molecule has 0 aliphatic carbocycles. The fourth-order valence-electron chi connectivity index (χ4n) is 1.26. The molecule has 4 heteroatoms. The first-order valence-corrected chi connectivity index (χ1v) is 5.81. The van der Waals surface area contributed by atoms with Crippen LogP contribution in [0.4, 0.5) is 0 Å². The number of sulfonamides is 1. The van der Waals surface area contributed by atoms with Gasteiger partial charge < -0.3 is 0 Å². The van der Waals surface area contributed by atoms with Gasteiger partial charge in [0.2, 0.25) is 10.0 Å². The van der Waals surface area contributed by atoms with Crippen LogP contribution in [0.3, 0.4) is 0 Å². The smallest absolute Gasteiger partial charge is 0.213 e. The van der Waals surface area contributed by atoms with Gasteiger partial charge in [0.15, 0.2) is 0 Å². The van der Waals surface area contributed by atoms with Crippen molar-refractivity contribution in [2.75, 3.05) is 0 Å². The summed E-state index contributed by atoms with van der Waals surface area (Å²) in [4.78, 5) is 0. The van der Waals surface area contributed by atoms with E-state index in [1.807, 2.05) is 25.1 Å². The third-order valence-corrected chi connectivity index (χ3v) is 2.57. The lowest BCUT2D eigenvalue weighted by atomic mass is 10.1. The third kappa shape index (κ3) is 3.16. The predicted molar refractivity (Wildman–Crippen MR) is 52.6 cm³/mol. The van der Waals surface area contributed by atoms with E-state index in [0.717, 1.165) is 17.5 Å². The normalized spacial score (nSPS) is 11.5. The largest absolute Gasteiger partial charge is 0.228 e. The molecule has 0 aliphatic heterocycles. The molecule has 1 aromatic carbocycles. The van der Waals surface area contributed by atoms with E-state index in [1.54, 1.807) is 6.07 Å². The molecule has 0 aliphatic rings. The SMILES string of the molecule is CCc1ccccc1CS(N)(=O)=O. The zero-order chi connectivity index (χ0) is 9.90. The van der Waals surface area contributed by atoms with Gasteiger partial charge in [-0.3, -0.25) is 0 Å². The number of hydrogen-bond acceptors (Lipinski definition) is 2. The summed E-state index contributed by atoms with van der Waals surface area (Å²) in [5.41, 5.74) is 1.84. The summed E-state index contributed by atoms with van der Waals surface area (Å²) in [7, 11) is -3.41. The van der Waals surface area contributed by atoms with Crippen LogP contribution < -0.4 is 5.14 Å². The predicted octanol–water partition coefficient (Wildman–Crippen LogP) is 1.04. The molecule has 1 aromatic rings. The molecule has 1 rings (SSSR count). The summed E-state index contributed by atoms with van der Waals surface area (Å²) in [5, 5.41) is 4.96. The van der Waals surface area contributed by atoms with E-state index in [1.165, 1.54) is 0 Å². The summed E-state index contributed by atoms with van der Waals surface area (Å²) < 4.78 is 21.7. The first-order valence-electron chi connectivity index (χ1n) is 4.10. The van der Waals surface area contributed by atoms with Gasteiger partial charge in [0.25, 0.3) is 0 Å². The highest BCUT2D eigenvalue weighted by Crippen LogP contribution is 2.11. The number of primary sulfonamides is 1. The lowest BCUT2D eigenvalue weighted by Crippen LogP contribution is -2.15. The van der Waals surface area contributed by atoms with Crippen molar-refractivity contribution in [1.82, 2.24) is 0 Å². The van der Waals surface area contributed by atoms with E-state index in [4.69, 9.17) is 5.14 Å². The molecule has 2 N–H and O–H groups in total. The van der Waals surface area contributed by atoms with Crippen LogP contribution in [0.2, 0.25) is 0 Å². The first kappa shape index (κ1) is 10.2. The number of benzene rings is 1. The summed E-state index contributed by atoms with van der Waals surface area (Å²) in [6.07, 6.45) is 0.825. The highest BCUT2D eigenvalue weighted by atomic mass is 32.2. The van der Waals surface area contributed by atoms with Crippen LogP contribution in [0, 0.1) is 0 Å². The maximum atomic E-state index is 10.8. The monoisotopic (exact) mass is 199 g/mol. The zero-order valence-electron chi connectivity index (χ0n) is 7.53. The van der Waals surface area contributed by atoms with Gasteiger partial charge in [-0.15, -0.1) is 0 Å². The summed E-state index contributed by atoms with van der Waals surface area (Å²) in [5.74, 6) is -0.0724. The average molecular weight is 199 g/mol. The fraction of sp³-hybridized carbons (Fsp3) is 0.333. The molecule has 72 valence electrons. The van der Waals surface area contributed by atoms with Gasteiger partial charge in [0, 0.05) is 0 Å². The van der Waals surface area contributed by atoms with Crippen molar-refractivity contribution >= 4 is 10.0 Å². The van der Waals surface area contributed by atoms with E-state index in [9.17, 15) is 8.42 Å². The molecule has 0 radical (unpaired) electrons. The van der Waals surface area contributed by atoms with E-state index in [0.29, 0.717) is 0 Å². The Morgan fingerprint density at radius 1 is 1.23 bits per heavy atom. The molecule has 0 aromatic heterocycles. The Bertz CT molecular complexity index is 384. The Hall–Kier alpha value is -0.870. The van der Waals surface area contributed by atoms with Gasteiger partial charge >= 0.3 is 0 Å². The summed E-state index contributed by atoms with van der Waals surface area (Å²) >= 11 is 0. The lowest BCUT2D eigenvalue weighted by Gasteiger charge is -2.05. The minimum Gasteiger partial charge on any atom is -0.228 e. The van der Waals surface area contributed by atoms with Crippen LogP contribution in [0.1, 0.15) is 18.1 Å². The fourth-order valence-corrected chi connectivity index (χ4v) is 1.98.